The first-order chi connectivity index (χ1) is 14.4. The lowest BCUT2D eigenvalue weighted by Gasteiger charge is -2.22. The maximum Gasteiger partial charge on any atom is 0.344 e. The number of benzene rings is 3. The van der Waals surface area contributed by atoms with Gasteiger partial charge in [-0.25, -0.2) is 4.79 Å². The predicted molar refractivity (Wildman–Crippen MR) is 116 cm³/mol. The van der Waals surface area contributed by atoms with Gasteiger partial charge in [0.2, 0.25) is 0 Å². The number of rotatable bonds is 4. The van der Waals surface area contributed by atoms with Crippen molar-refractivity contribution in [1.82, 2.24) is 10.3 Å². The van der Waals surface area contributed by atoms with E-state index in [0.717, 1.165) is 16.1 Å². The average molecular weight is 401 g/mol. The van der Waals surface area contributed by atoms with Crippen molar-refractivity contribution in [2.75, 3.05) is 5.43 Å². The number of para-hydroxylation sites is 1. The van der Waals surface area contributed by atoms with Crippen molar-refractivity contribution >= 4 is 23.4 Å². The number of amides is 3. The Morgan fingerprint density at radius 2 is 1.33 bits per heavy atom. The smallest absolute Gasteiger partial charge is 0.318 e. The van der Waals surface area contributed by atoms with Gasteiger partial charge in [0.05, 0.1) is 5.69 Å². The third kappa shape index (κ3) is 4.55. The van der Waals surface area contributed by atoms with E-state index in [9.17, 15) is 14.4 Å². The highest BCUT2D eigenvalue weighted by atomic mass is 16.2. The van der Waals surface area contributed by atoms with Crippen molar-refractivity contribution in [3.05, 3.63) is 102 Å². The summed E-state index contributed by atoms with van der Waals surface area (Å²) in [5.41, 5.74) is 3.99. The number of hydrogen-bond donors (Lipinski definition) is 2. The first-order valence-corrected chi connectivity index (χ1v) is 9.52. The molecule has 1 aliphatic heterocycles. The number of imide groups is 1. The second-order valence-electron chi connectivity index (χ2n) is 6.96. The van der Waals surface area contributed by atoms with Gasteiger partial charge in [-0.05, 0) is 31.5 Å². The fraction of sp³-hybridized carbons (Fsp3) is 0.125. The van der Waals surface area contributed by atoms with E-state index in [0.29, 0.717) is 5.69 Å². The maximum atomic E-state index is 12.6. The molecule has 0 saturated carbocycles. The fourth-order valence-corrected chi connectivity index (χ4v) is 3.02. The van der Waals surface area contributed by atoms with E-state index in [1.807, 2.05) is 78.9 Å². The van der Waals surface area contributed by atoms with Crippen LogP contribution < -0.4 is 10.7 Å². The van der Waals surface area contributed by atoms with E-state index < -0.39 is 11.6 Å². The topological polar surface area (TPSA) is 78.5 Å². The molecule has 3 amide bonds. The van der Waals surface area contributed by atoms with E-state index in [1.165, 1.54) is 0 Å². The van der Waals surface area contributed by atoms with Crippen molar-refractivity contribution in [2.45, 2.75) is 19.4 Å². The van der Waals surface area contributed by atoms with Crippen molar-refractivity contribution in [3.63, 3.8) is 0 Å². The Labute approximate surface area is 175 Å². The quantitative estimate of drug-likeness (QED) is 0.503. The summed E-state index contributed by atoms with van der Waals surface area (Å²) >= 11 is 0. The lowest BCUT2D eigenvalue weighted by atomic mass is 9.92. The molecule has 2 N–H and O–H groups in total. The van der Waals surface area contributed by atoms with Crippen molar-refractivity contribution in [2.24, 2.45) is 0 Å². The molecule has 4 rings (SSSR count). The summed E-state index contributed by atoms with van der Waals surface area (Å²) in [6, 6.07) is 27.1. The fourth-order valence-electron chi connectivity index (χ4n) is 3.02. The highest BCUT2D eigenvalue weighted by molar-refractivity contribution is 6.08. The van der Waals surface area contributed by atoms with Crippen LogP contribution in [0.5, 0.6) is 0 Å². The minimum Gasteiger partial charge on any atom is -0.318 e. The van der Waals surface area contributed by atoms with Gasteiger partial charge in [0, 0.05) is 5.56 Å². The van der Waals surface area contributed by atoms with Crippen molar-refractivity contribution in [3.8, 4) is 0 Å². The number of anilines is 1. The highest BCUT2D eigenvalue weighted by Gasteiger charge is 2.49. The van der Waals surface area contributed by atoms with Gasteiger partial charge in [0.1, 0.15) is 5.54 Å². The molecule has 3 aromatic carbocycles. The van der Waals surface area contributed by atoms with Gasteiger partial charge in [-0.2, -0.15) is 5.01 Å². The van der Waals surface area contributed by atoms with Crippen LogP contribution in [0.15, 0.2) is 91.0 Å². The Bertz CT molecular complexity index is 1020. The lowest BCUT2D eigenvalue weighted by molar-refractivity contribution is -0.130. The number of nitrogens with zero attached hydrogens (tertiary/aromatic N) is 1. The van der Waals surface area contributed by atoms with Crippen LogP contribution in [-0.4, -0.2) is 22.7 Å². The van der Waals surface area contributed by atoms with E-state index in [-0.39, 0.29) is 11.7 Å². The molecule has 30 heavy (non-hydrogen) atoms. The molecule has 1 aliphatic rings. The predicted octanol–water partition coefficient (Wildman–Crippen LogP) is 4.37. The Hall–Kier alpha value is -3.93. The molecule has 1 heterocycles. The minimum absolute atomic E-state index is 0.121. The van der Waals surface area contributed by atoms with Crippen LogP contribution in [0.25, 0.3) is 0 Å². The van der Waals surface area contributed by atoms with E-state index >= 15 is 0 Å². The van der Waals surface area contributed by atoms with Crippen LogP contribution in [0.1, 0.15) is 29.8 Å². The number of ketones is 1. The molecule has 0 spiro atoms. The molecule has 1 fully saturated rings. The number of carbonyl (C=O) groups excluding carboxylic acids is 3. The third-order valence-electron chi connectivity index (χ3n) is 4.74. The summed E-state index contributed by atoms with van der Waals surface area (Å²) in [4.78, 5) is 35.4. The molecular formula is C24H23N3O3. The number of nitrogens with one attached hydrogen (secondary N) is 2. The second-order valence-corrected chi connectivity index (χ2v) is 6.96. The Morgan fingerprint density at radius 3 is 1.83 bits per heavy atom. The molecule has 0 unspecified atom stereocenters. The molecule has 152 valence electrons. The number of Topliss-reactive ketones (excluding diaryl/α,β-unsaturated/α-hetero) is 1. The summed E-state index contributed by atoms with van der Waals surface area (Å²) in [6.45, 7) is 3.27. The molecule has 1 atom stereocenters. The largest absolute Gasteiger partial charge is 0.344 e. The maximum absolute atomic E-state index is 12.6. The van der Waals surface area contributed by atoms with Crippen LogP contribution in [0, 0.1) is 0 Å². The Kier molecular flexibility index (Phi) is 6.27. The zero-order valence-electron chi connectivity index (χ0n) is 16.8. The van der Waals surface area contributed by atoms with Crippen molar-refractivity contribution < 1.29 is 14.4 Å². The van der Waals surface area contributed by atoms with Crippen LogP contribution >= 0.6 is 0 Å². The van der Waals surface area contributed by atoms with E-state index in [2.05, 4.69) is 10.7 Å². The zero-order chi connectivity index (χ0) is 21.6. The molecule has 6 heteroatoms. The number of carbonyl (C=O) groups is 3. The van der Waals surface area contributed by atoms with Gasteiger partial charge < -0.3 is 5.32 Å². The van der Waals surface area contributed by atoms with Gasteiger partial charge >= 0.3 is 6.03 Å². The summed E-state index contributed by atoms with van der Waals surface area (Å²) in [6.07, 6.45) is 0. The van der Waals surface area contributed by atoms with Crippen LogP contribution in [0.2, 0.25) is 0 Å². The van der Waals surface area contributed by atoms with Gasteiger partial charge in [-0.3, -0.25) is 15.0 Å². The first-order valence-electron chi connectivity index (χ1n) is 9.52. The number of hydrazine groups is 1. The second kappa shape index (κ2) is 9.05. The molecule has 1 saturated heterocycles. The minimum atomic E-state index is -1.06. The normalized spacial score (nSPS) is 17.6. The molecule has 6 nitrogen and oxygen atoms in total. The average Bonchev–Trinajstić information content (AvgIpc) is 3.00. The lowest BCUT2D eigenvalue weighted by Crippen LogP contribution is -2.41. The molecule has 0 bridgehead atoms. The van der Waals surface area contributed by atoms with Gasteiger partial charge in [0.25, 0.3) is 5.91 Å². The zero-order valence-corrected chi connectivity index (χ0v) is 16.8. The van der Waals surface area contributed by atoms with Gasteiger partial charge in [0.15, 0.2) is 5.78 Å². The van der Waals surface area contributed by atoms with Gasteiger partial charge in [-0.1, -0.05) is 78.9 Å². The highest BCUT2D eigenvalue weighted by Crippen LogP contribution is 2.28. The molecular weight excluding hydrogens is 378 g/mol. The van der Waals surface area contributed by atoms with Gasteiger partial charge in [-0.15, -0.1) is 0 Å². The van der Waals surface area contributed by atoms with Crippen LogP contribution in [-0.2, 0) is 10.3 Å². The van der Waals surface area contributed by atoms with E-state index in [4.69, 9.17) is 0 Å². The van der Waals surface area contributed by atoms with Crippen molar-refractivity contribution in [1.29, 1.82) is 0 Å². The molecule has 3 aromatic rings. The Morgan fingerprint density at radius 1 is 0.833 bits per heavy atom. The summed E-state index contributed by atoms with van der Waals surface area (Å²) in [5, 5.41) is 3.76. The van der Waals surface area contributed by atoms with Crippen LogP contribution in [0.4, 0.5) is 10.5 Å². The molecule has 0 radical (unpaired) electrons. The van der Waals surface area contributed by atoms with Crippen LogP contribution in [0.3, 0.4) is 0 Å². The molecule has 0 aliphatic carbocycles. The molecule has 0 aromatic heterocycles. The third-order valence-corrected chi connectivity index (χ3v) is 4.74. The summed E-state index contributed by atoms with van der Waals surface area (Å²) < 4.78 is 0. The standard InChI is InChI=1S/C16H15N3O2.C8H8O/c1-16(12-8-4-2-5-9-12)14(20)19(15(21)17-16)18-13-10-6-3-7-11-13;1-7(9)8-5-3-2-4-6-8/h2-11,18H,1H3,(H,17,21);2-6H,1H3/t16-;/m0./s1. The van der Waals surface area contributed by atoms with E-state index in [1.54, 1.807) is 26.0 Å². The number of urea groups is 1. The number of hydrogen-bond acceptors (Lipinski definition) is 4. The summed E-state index contributed by atoms with van der Waals surface area (Å²) in [7, 11) is 0. The first kappa shape index (κ1) is 20.8. The Balaban J connectivity index is 0.000000239. The summed E-state index contributed by atoms with van der Waals surface area (Å²) in [5.74, 6) is -0.210. The SMILES string of the molecule is CC(=O)c1ccccc1.C[C@@]1(c2ccccc2)NC(=O)N(Nc2ccccc2)C1=O. The monoisotopic (exact) mass is 401 g/mol.